The molecule has 0 saturated carbocycles. The van der Waals surface area contributed by atoms with Crippen molar-refractivity contribution in [2.45, 2.75) is 0 Å². The Bertz CT molecular complexity index is 521. The summed E-state index contributed by atoms with van der Waals surface area (Å²) in [5, 5.41) is 0. The number of rotatable bonds is 4. The Balaban J connectivity index is 2.17. The van der Waals surface area contributed by atoms with Gasteiger partial charge in [-0.25, -0.2) is 4.98 Å². The number of nitrogens with zero attached hydrogens (tertiary/aromatic N) is 2. The van der Waals surface area contributed by atoms with Gasteiger partial charge in [0.2, 0.25) is 0 Å². The van der Waals surface area contributed by atoms with Gasteiger partial charge in [-0.2, -0.15) is 0 Å². The van der Waals surface area contributed by atoms with Crippen molar-refractivity contribution >= 4 is 16.9 Å². The summed E-state index contributed by atoms with van der Waals surface area (Å²) in [6, 6.07) is 5.44. The fourth-order valence-corrected chi connectivity index (χ4v) is 1.62. The third-order valence-corrected chi connectivity index (χ3v) is 2.64. The molecule has 0 aliphatic heterocycles. The zero-order valence-corrected chi connectivity index (χ0v) is 9.93. The molecule has 0 unspecified atom stereocenters. The van der Waals surface area contributed by atoms with Crippen LogP contribution in [0.25, 0.3) is 11.0 Å². The number of H-pyrrole nitrogens is 1. The first kappa shape index (κ1) is 11.6. The number of hydrogen-bond acceptors (Lipinski definition) is 3. The molecule has 0 saturated heterocycles. The summed E-state index contributed by atoms with van der Waals surface area (Å²) in [7, 11) is 3.38. The van der Waals surface area contributed by atoms with E-state index in [1.54, 1.807) is 31.5 Å². The number of amides is 1. The molecule has 0 spiro atoms. The third-order valence-electron chi connectivity index (χ3n) is 2.64. The molecule has 0 radical (unpaired) electrons. The van der Waals surface area contributed by atoms with E-state index in [1.165, 1.54) is 0 Å². The molecule has 1 heterocycles. The standard InChI is InChI=1S/C12H15N3O2/c1-15(5-6-17-2)12(16)9-3-4-10-11(7-9)14-8-13-10/h3-4,7-8H,5-6H2,1-2H3,(H,13,14). The predicted molar refractivity (Wildman–Crippen MR) is 64.9 cm³/mol. The number of ether oxygens (including phenoxy) is 1. The molecule has 0 aliphatic rings. The summed E-state index contributed by atoms with van der Waals surface area (Å²) in [5.74, 6) is -0.0152. The Morgan fingerprint density at radius 2 is 2.35 bits per heavy atom. The van der Waals surface area contributed by atoms with Gasteiger partial charge in [0.1, 0.15) is 0 Å². The topological polar surface area (TPSA) is 58.2 Å². The lowest BCUT2D eigenvalue weighted by atomic mass is 10.2. The van der Waals surface area contributed by atoms with Gasteiger partial charge in [0.05, 0.1) is 24.0 Å². The quantitative estimate of drug-likeness (QED) is 0.865. The van der Waals surface area contributed by atoms with Crippen molar-refractivity contribution in [3.05, 3.63) is 30.1 Å². The van der Waals surface area contributed by atoms with Gasteiger partial charge in [0.25, 0.3) is 5.91 Å². The largest absolute Gasteiger partial charge is 0.383 e. The minimum atomic E-state index is -0.0152. The highest BCUT2D eigenvalue weighted by Gasteiger charge is 2.12. The average molecular weight is 233 g/mol. The second kappa shape index (κ2) is 4.97. The summed E-state index contributed by atoms with van der Waals surface area (Å²) < 4.78 is 4.95. The maximum Gasteiger partial charge on any atom is 0.253 e. The highest BCUT2D eigenvalue weighted by atomic mass is 16.5. The van der Waals surface area contributed by atoms with Crippen molar-refractivity contribution in [2.75, 3.05) is 27.3 Å². The predicted octanol–water partition coefficient (Wildman–Crippen LogP) is 1.28. The van der Waals surface area contributed by atoms with E-state index in [4.69, 9.17) is 4.74 Å². The molecule has 5 heteroatoms. The zero-order chi connectivity index (χ0) is 12.3. The molecule has 1 N–H and O–H groups in total. The molecule has 5 nitrogen and oxygen atoms in total. The molecule has 90 valence electrons. The number of imidazole rings is 1. The molecule has 0 fully saturated rings. The number of benzene rings is 1. The molecule has 1 aromatic carbocycles. The number of likely N-dealkylation sites (N-methyl/N-ethyl adjacent to an activating group) is 1. The van der Waals surface area contributed by atoms with Crippen LogP contribution in [0.3, 0.4) is 0 Å². The van der Waals surface area contributed by atoms with Crippen LogP contribution in [0.1, 0.15) is 10.4 Å². The van der Waals surface area contributed by atoms with E-state index in [2.05, 4.69) is 9.97 Å². The number of methoxy groups -OCH3 is 1. The van der Waals surface area contributed by atoms with Gasteiger partial charge in [-0.05, 0) is 18.2 Å². The lowest BCUT2D eigenvalue weighted by Crippen LogP contribution is -2.29. The average Bonchev–Trinajstić information content (AvgIpc) is 2.81. The van der Waals surface area contributed by atoms with Crippen LogP contribution < -0.4 is 0 Å². The lowest BCUT2D eigenvalue weighted by Gasteiger charge is -2.16. The Morgan fingerprint density at radius 1 is 1.53 bits per heavy atom. The van der Waals surface area contributed by atoms with E-state index >= 15 is 0 Å². The van der Waals surface area contributed by atoms with Crippen LogP contribution in [0.4, 0.5) is 0 Å². The normalized spacial score (nSPS) is 10.7. The van der Waals surface area contributed by atoms with Gasteiger partial charge >= 0.3 is 0 Å². The fourth-order valence-electron chi connectivity index (χ4n) is 1.62. The molecular formula is C12H15N3O2. The first-order valence-corrected chi connectivity index (χ1v) is 5.40. The molecule has 1 amide bonds. The number of nitrogens with one attached hydrogen (secondary N) is 1. The van der Waals surface area contributed by atoms with Crippen LogP contribution in [-0.2, 0) is 4.74 Å². The second-order valence-electron chi connectivity index (χ2n) is 3.85. The van der Waals surface area contributed by atoms with Crippen molar-refractivity contribution in [3.63, 3.8) is 0 Å². The third kappa shape index (κ3) is 2.45. The van der Waals surface area contributed by atoms with Gasteiger partial charge < -0.3 is 14.6 Å². The van der Waals surface area contributed by atoms with Crippen LogP contribution in [0.2, 0.25) is 0 Å². The molecule has 0 atom stereocenters. The second-order valence-corrected chi connectivity index (χ2v) is 3.85. The molecule has 2 aromatic rings. The molecular weight excluding hydrogens is 218 g/mol. The van der Waals surface area contributed by atoms with Crippen LogP contribution in [0.5, 0.6) is 0 Å². The van der Waals surface area contributed by atoms with Crippen molar-refractivity contribution in [1.82, 2.24) is 14.9 Å². The van der Waals surface area contributed by atoms with Crippen LogP contribution in [0, 0.1) is 0 Å². The van der Waals surface area contributed by atoms with Crippen LogP contribution in [0.15, 0.2) is 24.5 Å². The Labute approximate surface area is 99.4 Å². The van der Waals surface area contributed by atoms with Gasteiger partial charge in [0.15, 0.2) is 0 Å². The monoisotopic (exact) mass is 233 g/mol. The number of hydrogen-bond donors (Lipinski definition) is 1. The molecule has 0 aliphatic carbocycles. The first-order valence-electron chi connectivity index (χ1n) is 5.40. The van der Waals surface area contributed by atoms with Crippen molar-refractivity contribution in [3.8, 4) is 0 Å². The minimum absolute atomic E-state index is 0.0152. The van der Waals surface area contributed by atoms with Crippen molar-refractivity contribution < 1.29 is 9.53 Å². The lowest BCUT2D eigenvalue weighted by molar-refractivity contribution is 0.0744. The van der Waals surface area contributed by atoms with Crippen molar-refractivity contribution in [2.24, 2.45) is 0 Å². The van der Waals surface area contributed by atoms with Gasteiger partial charge in [-0.15, -0.1) is 0 Å². The summed E-state index contributed by atoms with van der Waals surface area (Å²) in [5.41, 5.74) is 2.39. The zero-order valence-electron chi connectivity index (χ0n) is 9.93. The van der Waals surface area contributed by atoms with E-state index in [9.17, 15) is 4.79 Å². The number of fused-ring (bicyclic) bond motifs is 1. The highest BCUT2D eigenvalue weighted by molar-refractivity contribution is 5.97. The summed E-state index contributed by atoms with van der Waals surface area (Å²) >= 11 is 0. The van der Waals surface area contributed by atoms with E-state index < -0.39 is 0 Å². The van der Waals surface area contributed by atoms with Gasteiger partial charge in [-0.1, -0.05) is 0 Å². The highest BCUT2D eigenvalue weighted by Crippen LogP contribution is 2.12. The number of aromatic nitrogens is 2. The van der Waals surface area contributed by atoms with Gasteiger partial charge in [0, 0.05) is 26.3 Å². The van der Waals surface area contributed by atoms with E-state index in [0.717, 1.165) is 11.0 Å². The Morgan fingerprint density at radius 3 is 3.12 bits per heavy atom. The van der Waals surface area contributed by atoms with E-state index in [1.807, 2.05) is 12.1 Å². The Kier molecular flexibility index (Phi) is 3.39. The maximum atomic E-state index is 12.1. The smallest absolute Gasteiger partial charge is 0.253 e. The fraction of sp³-hybridized carbons (Fsp3) is 0.333. The molecule has 0 bridgehead atoms. The SMILES string of the molecule is COCCN(C)C(=O)c1ccc2nc[nH]c2c1. The number of carbonyl (C=O) groups excluding carboxylic acids is 1. The number of aromatic amines is 1. The van der Waals surface area contributed by atoms with E-state index in [-0.39, 0.29) is 5.91 Å². The van der Waals surface area contributed by atoms with Crippen molar-refractivity contribution in [1.29, 1.82) is 0 Å². The molecule has 1 aromatic heterocycles. The number of carbonyl (C=O) groups is 1. The van der Waals surface area contributed by atoms with E-state index in [0.29, 0.717) is 18.7 Å². The molecule has 2 rings (SSSR count). The first-order chi connectivity index (χ1) is 8.22. The maximum absolute atomic E-state index is 12.1. The molecule has 17 heavy (non-hydrogen) atoms. The summed E-state index contributed by atoms with van der Waals surface area (Å²) in [6.07, 6.45) is 1.62. The van der Waals surface area contributed by atoms with Crippen LogP contribution in [-0.4, -0.2) is 48.1 Å². The minimum Gasteiger partial charge on any atom is -0.383 e. The summed E-state index contributed by atoms with van der Waals surface area (Å²) in [6.45, 7) is 1.12. The van der Waals surface area contributed by atoms with Gasteiger partial charge in [-0.3, -0.25) is 4.79 Å². The summed E-state index contributed by atoms with van der Waals surface area (Å²) in [4.78, 5) is 20.8. The Hall–Kier alpha value is -1.88. The van der Waals surface area contributed by atoms with Crippen LogP contribution >= 0.6 is 0 Å².